The Hall–Kier alpha value is -2.38. The summed E-state index contributed by atoms with van der Waals surface area (Å²) in [6, 6.07) is 8.92. The van der Waals surface area contributed by atoms with Gasteiger partial charge in [-0.15, -0.1) is 26.3 Å². The first kappa shape index (κ1) is 25.7. The van der Waals surface area contributed by atoms with E-state index >= 15 is 0 Å². The van der Waals surface area contributed by atoms with Crippen LogP contribution >= 0.6 is 22.6 Å². The summed E-state index contributed by atoms with van der Waals surface area (Å²) in [5.74, 6) is -0.766. The quantitative estimate of drug-likeness (QED) is 0.331. The molecule has 0 spiro atoms. The van der Waals surface area contributed by atoms with E-state index in [0.717, 1.165) is 15.7 Å². The molecule has 0 heterocycles. The topological polar surface area (TPSA) is 64.8 Å². The van der Waals surface area contributed by atoms with Gasteiger partial charge in [0.15, 0.2) is 0 Å². The number of hydrogen-bond acceptors (Lipinski definition) is 4. The third-order valence-electron chi connectivity index (χ3n) is 3.20. The van der Waals surface area contributed by atoms with Crippen LogP contribution in [-0.2, 0) is 11.2 Å². The van der Waals surface area contributed by atoms with Gasteiger partial charge in [-0.3, -0.25) is 4.79 Å². The molecule has 1 amide bonds. The maximum absolute atomic E-state index is 12.1. The summed E-state index contributed by atoms with van der Waals surface area (Å²) in [7, 11) is 3.18. The number of rotatable bonds is 4. The van der Waals surface area contributed by atoms with Gasteiger partial charge in [0.25, 0.3) is 0 Å². The predicted octanol–water partition coefficient (Wildman–Crippen LogP) is 4.99. The lowest BCUT2D eigenvalue weighted by Gasteiger charge is -2.13. The van der Waals surface area contributed by atoms with Crippen molar-refractivity contribution >= 4 is 34.2 Å². The monoisotopic (exact) mass is 550 g/mol. The van der Waals surface area contributed by atoms with Crippen LogP contribution in [0.25, 0.3) is 0 Å². The van der Waals surface area contributed by atoms with Crippen molar-refractivity contribution in [3.63, 3.8) is 0 Å². The molecule has 0 fully saturated rings. The third kappa shape index (κ3) is 10.4. The second-order valence-electron chi connectivity index (χ2n) is 5.88. The van der Waals surface area contributed by atoms with Gasteiger partial charge in [0.2, 0.25) is 5.91 Å². The van der Waals surface area contributed by atoms with Crippen LogP contribution in [0.3, 0.4) is 0 Å². The molecule has 0 atom stereocenters. The molecular weight excluding hydrogens is 533 g/mol. The van der Waals surface area contributed by atoms with Crippen LogP contribution in [0.5, 0.6) is 11.5 Å². The number of carbonyl (C=O) groups is 1. The van der Waals surface area contributed by atoms with Gasteiger partial charge in [0, 0.05) is 23.4 Å². The van der Waals surface area contributed by atoms with E-state index in [1.54, 1.807) is 14.1 Å². The largest absolute Gasteiger partial charge is 0.573 e. The number of hydrogen-bond donors (Lipinski definition) is 1. The van der Waals surface area contributed by atoms with Crippen molar-refractivity contribution in [1.29, 1.82) is 0 Å². The van der Waals surface area contributed by atoms with E-state index in [1.807, 2.05) is 22.6 Å². The van der Waals surface area contributed by atoms with Gasteiger partial charge >= 0.3 is 12.7 Å². The number of alkyl halides is 6. The SMILES string of the molecule is CN(C)C(=O)Cc1cc(OC(F)(F)F)ccc1I.Nc1ccc(OC(F)(F)F)cc1. The van der Waals surface area contributed by atoms with Crippen LogP contribution in [0, 0.1) is 3.57 Å². The molecule has 0 aliphatic rings. The van der Waals surface area contributed by atoms with E-state index < -0.39 is 12.7 Å². The molecule has 0 radical (unpaired) electrons. The Balaban J connectivity index is 0.000000325. The first-order chi connectivity index (χ1) is 13.7. The predicted molar refractivity (Wildman–Crippen MR) is 106 cm³/mol. The zero-order chi connectivity index (χ0) is 23.1. The Labute approximate surface area is 181 Å². The molecule has 12 heteroatoms. The molecule has 5 nitrogen and oxygen atoms in total. The third-order valence-corrected chi connectivity index (χ3v) is 4.26. The summed E-state index contributed by atoms with van der Waals surface area (Å²) >= 11 is 1.96. The van der Waals surface area contributed by atoms with E-state index in [0.29, 0.717) is 11.3 Å². The maximum atomic E-state index is 12.1. The van der Waals surface area contributed by atoms with Crippen molar-refractivity contribution in [2.75, 3.05) is 19.8 Å². The van der Waals surface area contributed by atoms with Crippen molar-refractivity contribution in [1.82, 2.24) is 4.90 Å². The number of likely N-dealkylation sites (N-methyl/N-ethyl adjacent to an activating group) is 1. The van der Waals surface area contributed by atoms with Gasteiger partial charge in [0.05, 0.1) is 6.42 Å². The van der Waals surface area contributed by atoms with Crippen LogP contribution in [0.1, 0.15) is 5.56 Å². The Morgan fingerprint density at radius 1 is 0.933 bits per heavy atom. The van der Waals surface area contributed by atoms with Gasteiger partial charge in [-0.05, 0) is 70.6 Å². The minimum Gasteiger partial charge on any atom is -0.406 e. The molecule has 2 aromatic carbocycles. The number of nitrogen functional groups attached to an aromatic ring is 1. The maximum Gasteiger partial charge on any atom is 0.573 e. The smallest absolute Gasteiger partial charge is 0.406 e. The number of nitrogens with two attached hydrogens (primary N) is 1. The van der Waals surface area contributed by atoms with Crippen LogP contribution in [0.15, 0.2) is 42.5 Å². The molecule has 166 valence electrons. The second-order valence-corrected chi connectivity index (χ2v) is 7.04. The van der Waals surface area contributed by atoms with Crippen LogP contribution in [-0.4, -0.2) is 37.6 Å². The molecule has 0 aromatic heterocycles. The van der Waals surface area contributed by atoms with Gasteiger partial charge in [-0.2, -0.15) is 0 Å². The van der Waals surface area contributed by atoms with Crippen molar-refractivity contribution in [3.8, 4) is 11.5 Å². The van der Waals surface area contributed by atoms with E-state index in [1.165, 1.54) is 35.2 Å². The Morgan fingerprint density at radius 2 is 1.40 bits per heavy atom. The first-order valence-electron chi connectivity index (χ1n) is 8.02. The second kappa shape index (κ2) is 10.6. The van der Waals surface area contributed by atoms with E-state index in [2.05, 4.69) is 9.47 Å². The fraction of sp³-hybridized carbons (Fsp3) is 0.278. The number of carbonyl (C=O) groups excluding carboxylic acids is 1. The minimum absolute atomic E-state index is 0.0420. The number of benzene rings is 2. The Kier molecular flexibility index (Phi) is 9.06. The highest BCUT2D eigenvalue weighted by molar-refractivity contribution is 14.1. The average molecular weight is 550 g/mol. The van der Waals surface area contributed by atoms with E-state index in [4.69, 9.17) is 5.73 Å². The lowest BCUT2D eigenvalue weighted by molar-refractivity contribution is -0.275. The fourth-order valence-electron chi connectivity index (χ4n) is 1.87. The number of nitrogens with zero attached hydrogens (tertiary/aromatic N) is 1. The lowest BCUT2D eigenvalue weighted by Crippen LogP contribution is -2.24. The molecule has 2 aromatic rings. The molecular formula is C18H17F6IN2O3. The zero-order valence-electron chi connectivity index (χ0n) is 15.6. The van der Waals surface area contributed by atoms with Crippen LogP contribution < -0.4 is 15.2 Å². The summed E-state index contributed by atoms with van der Waals surface area (Å²) in [5, 5.41) is 0. The first-order valence-corrected chi connectivity index (χ1v) is 9.10. The summed E-state index contributed by atoms with van der Waals surface area (Å²) in [6.07, 6.45) is -9.33. The molecule has 0 aliphatic heterocycles. The van der Waals surface area contributed by atoms with E-state index in [9.17, 15) is 31.1 Å². The number of amides is 1. The number of anilines is 1. The molecule has 0 bridgehead atoms. The van der Waals surface area contributed by atoms with Crippen LogP contribution in [0.4, 0.5) is 32.0 Å². The normalized spacial score (nSPS) is 11.2. The van der Waals surface area contributed by atoms with Crippen LogP contribution in [0.2, 0.25) is 0 Å². The van der Waals surface area contributed by atoms with Crippen molar-refractivity contribution in [2.45, 2.75) is 19.1 Å². The lowest BCUT2D eigenvalue weighted by atomic mass is 10.1. The summed E-state index contributed by atoms with van der Waals surface area (Å²) < 4.78 is 79.1. The van der Waals surface area contributed by atoms with Gasteiger partial charge in [0.1, 0.15) is 11.5 Å². The highest BCUT2D eigenvalue weighted by atomic mass is 127. The molecule has 0 saturated carbocycles. The molecule has 2 N–H and O–H groups in total. The van der Waals surface area contributed by atoms with Gasteiger partial charge in [-0.25, -0.2) is 0 Å². The average Bonchev–Trinajstić information content (AvgIpc) is 2.58. The molecule has 0 saturated heterocycles. The molecule has 0 unspecified atom stereocenters. The molecule has 0 aliphatic carbocycles. The Morgan fingerprint density at radius 3 is 1.87 bits per heavy atom. The standard InChI is InChI=1S/C11H11F3INO2.C7H6F3NO/c1-16(2)10(17)6-7-5-8(3-4-9(7)15)18-11(12,13)14;8-7(9,10)12-6-3-1-5(11)2-4-6/h3-5H,6H2,1-2H3;1-4H,11H2. The minimum atomic E-state index is -4.73. The van der Waals surface area contributed by atoms with E-state index in [-0.39, 0.29) is 23.8 Å². The number of ether oxygens (including phenoxy) is 2. The van der Waals surface area contributed by atoms with Gasteiger partial charge < -0.3 is 20.1 Å². The zero-order valence-corrected chi connectivity index (χ0v) is 17.8. The highest BCUT2D eigenvalue weighted by Crippen LogP contribution is 2.26. The Bertz CT molecular complexity index is 839. The highest BCUT2D eigenvalue weighted by Gasteiger charge is 2.31. The number of halogens is 7. The van der Waals surface area contributed by atoms with Crippen molar-refractivity contribution < 1.29 is 40.6 Å². The van der Waals surface area contributed by atoms with Crippen molar-refractivity contribution in [2.24, 2.45) is 0 Å². The van der Waals surface area contributed by atoms with Crippen molar-refractivity contribution in [3.05, 3.63) is 51.6 Å². The fourth-order valence-corrected chi connectivity index (χ4v) is 2.40. The van der Waals surface area contributed by atoms with Gasteiger partial charge in [-0.1, -0.05) is 0 Å². The summed E-state index contributed by atoms with van der Waals surface area (Å²) in [4.78, 5) is 12.9. The molecule has 30 heavy (non-hydrogen) atoms. The summed E-state index contributed by atoms with van der Waals surface area (Å²) in [6.45, 7) is 0. The summed E-state index contributed by atoms with van der Waals surface area (Å²) in [5.41, 5.74) is 6.16. The molecule has 2 rings (SSSR count).